The fraction of sp³-hybridized carbons (Fsp3) is 0.353. The largest absolute Gasteiger partial charge is 0.353 e. The summed E-state index contributed by atoms with van der Waals surface area (Å²) in [6.45, 7) is 3.40. The summed E-state index contributed by atoms with van der Waals surface area (Å²) < 4.78 is 1.74. The van der Waals surface area contributed by atoms with Gasteiger partial charge in [-0.3, -0.25) is 14.4 Å². The first-order valence-electron chi connectivity index (χ1n) is 8.62. The number of aromatic nitrogens is 5. The summed E-state index contributed by atoms with van der Waals surface area (Å²) in [6, 6.07) is 3.47. The molecule has 27 heavy (non-hydrogen) atoms. The lowest BCUT2D eigenvalue weighted by atomic mass is 10.2. The zero-order chi connectivity index (χ0) is 18.8. The molecule has 1 N–H and O–H groups in total. The van der Waals surface area contributed by atoms with Gasteiger partial charge in [0, 0.05) is 39.4 Å². The fourth-order valence-corrected chi connectivity index (χ4v) is 3.36. The Balaban J connectivity index is 1.36. The van der Waals surface area contributed by atoms with Crippen molar-refractivity contribution in [3.05, 3.63) is 36.0 Å². The van der Waals surface area contributed by atoms with Gasteiger partial charge in [0.2, 0.25) is 5.91 Å². The molecule has 1 fully saturated rings. The van der Waals surface area contributed by atoms with Crippen LogP contribution in [-0.2, 0) is 11.8 Å². The number of piperazine rings is 1. The Bertz CT molecular complexity index is 966. The van der Waals surface area contributed by atoms with E-state index in [-0.39, 0.29) is 5.91 Å². The molecule has 10 heteroatoms. The predicted octanol–water partition coefficient (Wildman–Crippen LogP) is 1.17. The van der Waals surface area contributed by atoms with Crippen LogP contribution in [0.4, 0.5) is 11.5 Å². The molecule has 140 valence electrons. The maximum absolute atomic E-state index is 12.3. The number of anilines is 2. The number of pyridine rings is 1. The van der Waals surface area contributed by atoms with Gasteiger partial charge in [0.05, 0.1) is 23.8 Å². The van der Waals surface area contributed by atoms with E-state index in [0.29, 0.717) is 17.4 Å². The van der Waals surface area contributed by atoms with Crippen LogP contribution in [0.2, 0.25) is 5.15 Å². The summed E-state index contributed by atoms with van der Waals surface area (Å²) in [5.41, 5.74) is 1.35. The third kappa shape index (κ3) is 3.69. The van der Waals surface area contributed by atoms with Gasteiger partial charge < -0.3 is 10.2 Å². The minimum atomic E-state index is -0.102. The van der Waals surface area contributed by atoms with E-state index in [1.54, 1.807) is 35.5 Å². The van der Waals surface area contributed by atoms with Crippen LogP contribution in [0, 0.1) is 0 Å². The van der Waals surface area contributed by atoms with Crippen molar-refractivity contribution in [1.29, 1.82) is 0 Å². The summed E-state index contributed by atoms with van der Waals surface area (Å²) in [5.74, 6) is 0.786. The summed E-state index contributed by atoms with van der Waals surface area (Å²) >= 11 is 5.98. The highest BCUT2D eigenvalue weighted by Gasteiger charge is 2.22. The molecule has 0 spiro atoms. The fourth-order valence-electron chi connectivity index (χ4n) is 3.19. The highest BCUT2D eigenvalue weighted by atomic mass is 35.5. The van der Waals surface area contributed by atoms with E-state index in [9.17, 15) is 4.79 Å². The van der Waals surface area contributed by atoms with E-state index < -0.39 is 0 Å². The first-order chi connectivity index (χ1) is 13.1. The molecule has 4 heterocycles. The average Bonchev–Trinajstić information content (AvgIpc) is 3.06. The molecule has 4 rings (SSSR count). The SMILES string of the molecule is Cn1ncc2c(N3CCN(CC(=O)Nc4cccnc4Cl)CC3)ncnc21. The summed E-state index contributed by atoms with van der Waals surface area (Å²) in [4.78, 5) is 29.3. The Labute approximate surface area is 161 Å². The van der Waals surface area contributed by atoms with Crippen LogP contribution in [0.25, 0.3) is 11.0 Å². The van der Waals surface area contributed by atoms with Crippen LogP contribution in [0.1, 0.15) is 0 Å². The first kappa shape index (κ1) is 17.6. The molecule has 0 aliphatic carbocycles. The number of carbonyl (C=O) groups excluding carboxylic acids is 1. The minimum Gasteiger partial charge on any atom is -0.353 e. The van der Waals surface area contributed by atoms with Crippen LogP contribution in [0.15, 0.2) is 30.9 Å². The Morgan fingerprint density at radius 2 is 2.04 bits per heavy atom. The lowest BCUT2D eigenvalue weighted by molar-refractivity contribution is -0.117. The van der Waals surface area contributed by atoms with Crippen LogP contribution < -0.4 is 10.2 Å². The zero-order valence-corrected chi connectivity index (χ0v) is 15.6. The minimum absolute atomic E-state index is 0.102. The summed E-state index contributed by atoms with van der Waals surface area (Å²) in [5, 5.41) is 8.30. The van der Waals surface area contributed by atoms with Crippen LogP contribution in [0.5, 0.6) is 0 Å². The molecular formula is C17H19ClN8O. The Morgan fingerprint density at radius 1 is 1.22 bits per heavy atom. The lowest BCUT2D eigenvalue weighted by Crippen LogP contribution is -2.49. The van der Waals surface area contributed by atoms with Gasteiger partial charge in [0.1, 0.15) is 12.1 Å². The van der Waals surface area contributed by atoms with E-state index in [1.807, 2.05) is 7.05 Å². The molecule has 3 aromatic heterocycles. The van der Waals surface area contributed by atoms with E-state index in [2.05, 4.69) is 35.2 Å². The molecule has 1 saturated heterocycles. The van der Waals surface area contributed by atoms with Gasteiger partial charge in [-0.25, -0.2) is 15.0 Å². The number of nitrogens with zero attached hydrogens (tertiary/aromatic N) is 7. The molecule has 1 amide bonds. The normalized spacial score (nSPS) is 15.3. The number of hydrogen-bond acceptors (Lipinski definition) is 7. The molecule has 0 radical (unpaired) electrons. The number of aryl methyl sites for hydroxylation is 1. The second kappa shape index (κ2) is 7.45. The summed E-state index contributed by atoms with van der Waals surface area (Å²) in [7, 11) is 1.87. The van der Waals surface area contributed by atoms with Crippen molar-refractivity contribution in [2.45, 2.75) is 0 Å². The van der Waals surface area contributed by atoms with Crippen molar-refractivity contribution in [3.8, 4) is 0 Å². The Kier molecular flexibility index (Phi) is 4.87. The van der Waals surface area contributed by atoms with Crippen LogP contribution >= 0.6 is 11.6 Å². The molecule has 9 nitrogen and oxygen atoms in total. The number of halogens is 1. The monoisotopic (exact) mass is 386 g/mol. The number of rotatable bonds is 4. The number of nitrogens with one attached hydrogen (secondary N) is 1. The lowest BCUT2D eigenvalue weighted by Gasteiger charge is -2.35. The second-order valence-electron chi connectivity index (χ2n) is 6.36. The predicted molar refractivity (Wildman–Crippen MR) is 103 cm³/mol. The standard InChI is InChI=1S/C17H19ClN8O/c1-24-16-12(9-22-24)17(21-11-20-16)26-7-5-25(6-8-26)10-14(27)23-13-3-2-4-19-15(13)18/h2-4,9,11H,5-8,10H2,1H3,(H,23,27). The van der Waals surface area contributed by atoms with Gasteiger partial charge in [-0.15, -0.1) is 0 Å². The number of fused-ring (bicyclic) bond motifs is 1. The smallest absolute Gasteiger partial charge is 0.238 e. The van der Waals surface area contributed by atoms with Crippen molar-refractivity contribution in [1.82, 2.24) is 29.6 Å². The van der Waals surface area contributed by atoms with E-state index in [4.69, 9.17) is 11.6 Å². The molecule has 0 atom stereocenters. The van der Waals surface area contributed by atoms with Crippen molar-refractivity contribution in [3.63, 3.8) is 0 Å². The van der Waals surface area contributed by atoms with Crippen molar-refractivity contribution >= 4 is 40.0 Å². The van der Waals surface area contributed by atoms with Gasteiger partial charge in [-0.2, -0.15) is 5.10 Å². The molecule has 3 aromatic rings. The number of hydrogen-bond donors (Lipinski definition) is 1. The van der Waals surface area contributed by atoms with Gasteiger partial charge in [-0.1, -0.05) is 11.6 Å². The summed E-state index contributed by atoms with van der Waals surface area (Å²) in [6.07, 6.45) is 4.95. The van der Waals surface area contributed by atoms with E-state index in [1.165, 1.54) is 0 Å². The second-order valence-corrected chi connectivity index (χ2v) is 6.71. The number of amides is 1. The first-order valence-corrected chi connectivity index (χ1v) is 9.00. The maximum Gasteiger partial charge on any atom is 0.238 e. The number of carbonyl (C=O) groups is 1. The Morgan fingerprint density at radius 3 is 2.81 bits per heavy atom. The third-order valence-corrected chi connectivity index (χ3v) is 4.88. The molecule has 1 aliphatic heterocycles. The molecule has 0 aromatic carbocycles. The third-order valence-electron chi connectivity index (χ3n) is 4.58. The quantitative estimate of drug-likeness (QED) is 0.673. The van der Waals surface area contributed by atoms with Gasteiger partial charge in [0.25, 0.3) is 0 Å². The van der Waals surface area contributed by atoms with Gasteiger partial charge in [0.15, 0.2) is 10.8 Å². The zero-order valence-electron chi connectivity index (χ0n) is 14.8. The molecule has 1 aliphatic rings. The topological polar surface area (TPSA) is 92.1 Å². The van der Waals surface area contributed by atoms with Crippen molar-refractivity contribution < 1.29 is 4.79 Å². The van der Waals surface area contributed by atoms with Crippen LogP contribution in [-0.4, -0.2) is 68.3 Å². The molecule has 0 saturated carbocycles. The van der Waals surface area contributed by atoms with Gasteiger partial charge in [-0.05, 0) is 12.1 Å². The van der Waals surface area contributed by atoms with E-state index >= 15 is 0 Å². The van der Waals surface area contributed by atoms with E-state index in [0.717, 1.165) is 43.0 Å². The highest BCUT2D eigenvalue weighted by Crippen LogP contribution is 2.23. The highest BCUT2D eigenvalue weighted by molar-refractivity contribution is 6.32. The van der Waals surface area contributed by atoms with Gasteiger partial charge >= 0.3 is 0 Å². The average molecular weight is 387 g/mol. The molecular weight excluding hydrogens is 368 g/mol. The van der Waals surface area contributed by atoms with Crippen LogP contribution in [0.3, 0.4) is 0 Å². The maximum atomic E-state index is 12.3. The van der Waals surface area contributed by atoms with Crippen molar-refractivity contribution in [2.24, 2.45) is 7.05 Å². The Hall–Kier alpha value is -2.78. The van der Waals surface area contributed by atoms with Crippen molar-refractivity contribution in [2.75, 3.05) is 42.9 Å². The molecule has 0 bridgehead atoms. The molecule has 0 unspecified atom stereocenters.